The Labute approximate surface area is 438 Å². The second-order valence-electron chi connectivity index (χ2n) is 20.2. The molecule has 0 aromatic heterocycles. The van der Waals surface area contributed by atoms with E-state index in [1.54, 1.807) is 64.4 Å². The summed E-state index contributed by atoms with van der Waals surface area (Å²) in [6, 6.07) is 28.2. The van der Waals surface area contributed by atoms with Crippen LogP contribution in [0.3, 0.4) is 0 Å². The minimum Gasteiger partial charge on any atom is -0.489 e. The lowest BCUT2D eigenvalue weighted by molar-refractivity contribution is -0.141. The SMILES string of the molecule is N[C@H](CN1CCCC1)[C@H](O)c1ccc(OC2CC2)c(Cl)c1.O=C(N[C@H](CN1CCCC1)[C@H](O)c1ccc(OC2CC2)c(Cl)c1)[C@@H]1CCN(C(=O)c2ccccc2)C1.O=C(O)[C@@H]1CCN(C(=O)c2ccccc2)C1. The quantitative estimate of drug-likeness (QED) is 0.0713. The highest BCUT2D eigenvalue weighted by Crippen LogP contribution is 2.36. The first-order valence-electron chi connectivity index (χ1n) is 26.0. The van der Waals surface area contributed by atoms with Gasteiger partial charge >= 0.3 is 5.97 Å². The van der Waals surface area contributed by atoms with Crippen LogP contribution in [-0.2, 0) is 9.59 Å². The molecule has 17 heteroatoms. The van der Waals surface area contributed by atoms with E-state index in [-0.39, 0.29) is 35.8 Å². The fourth-order valence-corrected chi connectivity index (χ4v) is 10.2. The lowest BCUT2D eigenvalue weighted by atomic mass is 10.00. The minimum absolute atomic E-state index is 0.0531. The Kier molecular flexibility index (Phi) is 19.1. The molecule has 4 aromatic rings. The summed E-state index contributed by atoms with van der Waals surface area (Å²) in [4.78, 5) is 56.8. The molecule has 73 heavy (non-hydrogen) atoms. The number of nitrogens with one attached hydrogen (secondary N) is 1. The summed E-state index contributed by atoms with van der Waals surface area (Å²) >= 11 is 12.7. The van der Waals surface area contributed by atoms with E-state index in [4.69, 9.17) is 43.5 Å². The van der Waals surface area contributed by atoms with Crippen LogP contribution in [0.4, 0.5) is 0 Å². The average Bonchev–Trinajstić information content (AvgIpc) is 4.00. The first-order chi connectivity index (χ1) is 35.3. The fourth-order valence-electron chi connectivity index (χ4n) is 9.77. The van der Waals surface area contributed by atoms with Gasteiger partial charge in [0.25, 0.3) is 11.8 Å². The molecule has 6 aliphatic rings. The zero-order valence-electron chi connectivity index (χ0n) is 41.4. The number of aliphatic hydroxyl groups excluding tert-OH is 2. The molecule has 0 radical (unpaired) electrons. The number of likely N-dealkylation sites (tertiary alicyclic amines) is 4. The number of benzene rings is 4. The van der Waals surface area contributed by atoms with Crippen LogP contribution < -0.4 is 20.5 Å². The molecule has 0 unspecified atom stereocenters. The number of carboxylic acid groups (broad SMARTS) is 1. The summed E-state index contributed by atoms with van der Waals surface area (Å²) in [6.07, 6.45) is 9.07. The average molecular weight is 1040 g/mol. The van der Waals surface area contributed by atoms with Crippen molar-refractivity contribution in [2.75, 3.05) is 65.4 Å². The van der Waals surface area contributed by atoms with Crippen LogP contribution in [0.1, 0.15) is 108 Å². The Morgan fingerprint density at radius 2 is 1.03 bits per heavy atom. The van der Waals surface area contributed by atoms with E-state index in [1.165, 1.54) is 12.8 Å². The van der Waals surface area contributed by atoms with Crippen LogP contribution in [0, 0.1) is 11.8 Å². The van der Waals surface area contributed by atoms with Crippen LogP contribution in [0.5, 0.6) is 11.5 Å². The number of aliphatic carboxylic acids is 1. The number of amides is 3. The molecule has 6 N–H and O–H groups in total. The lowest BCUT2D eigenvalue weighted by Crippen LogP contribution is -2.49. The molecule has 0 bridgehead atoms. The molecular weight excluding hydrogens is 972 g/mol. The van der Waals surface area contributed by atoms with Gasteiger partial charge in [0.15, 0.2) is 0 Å². The highest BCUT2D eigenvalue weighted by atomic mass is 35.5. The Bertz CT molecular complexity index is 2470. The Morgan fingerprint density at radius 3 is 1.47 bits per heavy atom. The number of ether oxygens (including phenoxy) is 2. The van der Waals surface area contributed by atoms with Gasteiger partial charge in [-0.3, -0.25) is 19.2 Å². The third-order valence-electron chi connectivity index (χ3n) is 14.4. The predicted octanol–water partition coefficient (Wildman–Crippen LogP) is 7.23. The highest BCUT2D eigenvalue weighted by Gasteiger charge is 2.36. The molecule has 15 nitrogen and oxygen atoms in total. The molecule has 4 saturated heterocycles. The van der Waals surface area contributed by atoms with Crippen molar-refractivity contribution in [3.63, 3.8) is 0 Å². The molecule has 4 heterocycles. The van der Waals surface area contributed by atoms with Crippen molar-refractivity contribution in [1.82, 2.24) is 24.9 Å². The van der Waals surface area contributed by atoms with E-state index in [9.17, 15) is 29.4 Å². The first kappa shape index (κ1) is 54.0. The van der Waals surface area contributed by atoms with Gasteiger partial charge in [-0.15, -0.1) is 0 Å². The molecule has 0 spiro atoms. The van der Waals surface area contributed by atoms with Gasteiger partial charge < -0.3 is 55.4 Å². The van der Waals surface area contributed by atoms with E-state index in [1.807, 2.05) is 42.5 Å². The summed E-state index contributed by atoms with van der Waals surface area (Å²) < 4.78 is 11.5. The lowest BCUT2D eigenvalue weighted by Gasteiger charge is -2.30. The molecule has 6 atom stereocenters. The zero-order valence-corrected chi connectivity index (χ0v) is 42.9. The Hall–Kier alpha value is -5.26. The number of hydrogen-bond acceptors (Lipinski definition) is 11. The molecule has 4 aliphatic heterocycles. The van der Waals surface area contributed by atoms with Gasteiger partial charge in [-0.05, 0) is 150 Å². The smallest absolute Gasteiger partial charge is 0.308 e. The number of carbonyl (C=O) groups excluding carboxylic acids is 3. The van der Waals surface area contributed by atoms with Crippen molar-refractivity contribution in [2.45, 2.75) is 101 Å². The summed E-state index contributed by atoms with van der Waals surface area (Å²) in [5, 5.41) is 34.7. The topological polar surface area (TPSA) is 198 Å². The minimum atomic E-state index is -0.912. The van der Waals surface area contributed by atoms with Crippen molar-refractivity contribution >= 4 is 46.9 Å². The molecule has 392 valence electrons. The standard InChI is InChI=1S/C28H34ClN3O4.C16H23ClN2O2.C12H13NO3/c29-23-16-20(8-11-25(23)36-22-9-10-22)26(33)24(18-31-13-4-5-14-31)30-27(34)21-12-15-32(17-21)28(35)19-6-2-1-3-7-19;17-13-9-11(3-6-15(13)21-12-4-5-12)16(20)14(18)10-19-7-1-2-8-19;14-11(9-4-2-1-3-5-9)13-7-6-10(8-13)12(15)16/h1-3,6-8,11,16,21-22,24,26,33H,4-5,9-10,12-15,17-18H2,(H,30,34);3,6,9,12,14,16,20H,1-2,4-5,7-8,10,18H2;1-5,10H,6-8H2,(H,15,16)/t21-,24-,26-;14-,16-;10-/m111/s1. The highest BCUT2D eigenvalue weighted by molar-refractivity contribution is 6.32. The number of nitrogens with zero attached hydrogens (tertiary/aromatic N) is 4. The van der Waals surface area contributed by atoms with Crippen molar-refractivity contribution < 1.29 is 44.0 Å². The van der Waals surface area contributed by atoms with Crippen LogP contribution >= 0.6 is 23.2 Å². The number of rotatable bonds is 17. The van der Waals surface area contributed by atoms with Crippen LogP contribution in [0.15, 0.2) is 97.1 Å². The van der Waals surface area contributed by atoms with Gasteiger partial charge in [0.2, 0.25) is 5.91 Å². The third-order valence-corrected chi connectivity index (χ3v) is 15.0. The monoisotopic (exact) mass is 1040 g/mol. The molecule has 6 fully saturated rings. The Morgan fingerprint density at radius 1 is 0.589 bits per heavy atom. The summed E-state index contributed by atoms with van der Waals surface area (Å²) in [6.45, 7) is 7.13. The molecule has 2 aliphatic carbocycles. The predicted molar refractivity (Wildman–Crippen MR) is 280 cm³/mol. The normalized spacial score (nSPS) is 21.5. The number of aliphatic hydroxyl groups is 2. The van der Waals surface area contributed by atoms with Crippen molar-refractivity contribution in [3.8, 4) is 11.5 Å². The van der Waals surface area contributed by atoms with E-state index in [0.29, 0.717) is 89.9 Å². The zero-order chi connectivity index (χ0) is 51.4. The van der Waals surface area contributed by atoms with Gasteiger partial charge in [-0.25, -0.2) is 0 Å². The molecular formula is C56H70Cl2N6O9. The van der Waals surface area contributed by atoms with Gasteiger partial charge in [0.1, 0.15) is 17.6 Å². The number of nitrogens with two attached hydrogens (primary N) is 1. The van der Waals surface area contributed by atoms with E-state index in [2.05, 4.69) is 15.1 Å². The molecule has 3 amide bonds. The third kappa shape index (κ3) is 15.4. The fraction of sp³-hybridized carbons (Fsp3) is 0.500. The van der Waals surface area contributed by atoms with Gasteiger partial charge in [0, 0.05) is 56.4 Å². The second kappa shape index (κ2) is 25.8. The number of carbonyl (C=O) groups is 4. The van der Waals surface area contributed by atoms with Gasteiger partial charge in [-0.1, -0.05) is 71.7 Å². The largest absolute Gasteiger partial charge is 0.489 e. The van der Waals surface area contributed by atoms with Crippen molar-refractivity contribution in [3.05, 3.63) is 129 Å². The maximum atomic E-state index is 13.3. The molecule has 2 saturated carbocycles. The van der Waals surface area contributed by atoms with Crippen molar-refractivity contribution in [1.29, 1.82) is 0 Å². The molecule has 4 aromatic carbocycles. The molecule has 10 rings (SSSR count). The summed E-state index contributed by atoms with van der Waals surface area (Å²) in [7, 11) is 0. The van der Waals surface area contributed by atoms with Crippen LogP contribution in [0.25, 0.3) is 0 Å². The van der Waals surface area contributed by atoms with Crippen molar-refractivity contribution in [2.24, 2.45) is 17.6 Å². The summed E-state index contributed by atoms with van der Waals surface area (Å²) in [5.74, 6) is -0.457. The van der Waals surface area contributed by atoms with E-state index >= 15 is 0 Å². The number of halogens is 2. The van der Waals surface area contributed by atoms with E-state index in [0.717, 1.165) is 76.8 Å². The number of hydrogen-bond donors (Lipinski definition) is 5. The van der Waals surface area contributed by atoms with Crippen LogP contribution in [-0.4, -0.2) is 148 Å². The Balaban J connectivity index is 0.000000162. The van der Waals surface area contributed by atoms with Gasteiger partial charge in [-0.2, -0.15) is 0 Å². The first-order valence-corrected chi connectivity index (χ1v) is 26.8. The van der Waals surface area contributed by atoms with Gasteiger partial charge in [0.05, 0.1) is 46.2 Å². The van der Waals surface area contributed by atoms with E-state index < -0.39 is 30.1 Å². The number of carboxylic acids is 1. The second-order valence-corrected chi connectivity index (χ2v) is 21.1. The maximum Gasteiger partial charge on any atom is 0.308 e. The van der Waals surface area contributed by atoms with Crippen LogP contribution in [0.2, 0.25) is 10.0 Å². The summed E-state index contributed by atoms with van der Waals surface area (Å²) in [5.41, 5.74) is 8.80. The maximum absolute atomic E-state index is 13.3.